The lowest BCUT2D eigenvalue weighted by atomic mass is 9.87. The van der Waals surface area contributed by atoms with Gasteiger partial charge in [-0.15, -0.1) is 0 Å². The molecule has 1 fully saturated rings. The van der Waals surface area contributed by atoms with E-state index >= 15 is 0 Å². The van der Waals surface area contributed by atoms with Gasteiger partial charge in [-0.1, -0.05) is 0 Å². The first-order valence-corrected chi connectivity index (χ1v) is 5.06. The highest BCUT2D eigenvalue weighted by atomic mass is 16.5. The van der Waals surface area contributed by atoms with Crippen molar-refractivity contribution in [3.8, 4) is 0 Å². The number of methoxy groups -OCH3 is 1. The Hall–Kier alpha value is -0.800. The molecule has 0 unspecified atom stereocenters. The molecule has 1 aromatic rings. The molecule has 0 aromatic carbocycles. The molecule has 1 aromatic heterocycles. The third-order valence-corrected chi connectivity index (χ3v) is 3.26. The van der Waals surface area contributed by atoms with E-state index in [1.807, 2.05) is 0 Å². The van der Waals surface area contributed by atoms with Crippen molar-refractivity contribution >= 4 is 0 Å². The molecule has 3 heteroatoms. The molecule has 0 atom stereocenters. The van der Waals surface area contributed by atoms with Crippen molar-refractivity contribution < 1.29 is 4.74 Å². The highest BCUT2D eigenvalue weighted by Crippen LogP contribution is 2.25. The molecule has 1 aliphatic heterocycles. The molecule has 1 aliphatic rings. The fourth-order valence-corrected chi connectivity index (χ4v) is 2.03. The largest absolute Gasteiger partial charge is 0.375 e. The van der Waals surface area contributed by atoms with Gasteiger partial charge in [0.2, 0.25) is 0 Å². The Labute approximate surface area is 84.9 Å². The van der Waals surface area contributed by atoms with Crippen LogP contribution in [0, 0.1) is 13.8 Å². The predicted molar refractivity (Wildman–Crippen MR) is 56.6 cm³/mol. The summed E-state index contributed by atoms with van der Waals surface area (Å²) in [5.74, 6) is 0. The first kappa shape index (κ1) is 9.74. The third kappa shape index (κ3) is 1.47. The van der Waals surface area contributed by atoms with Gasteiger partial charge in [-0.25, -0.2) is 0 Å². The molecular formula is C11H18N2O. The van der Waals surface area contributed by atoms with E-state index in [2.05, 4.69) is 30.3 Å². The zero-order valence-corrected chi connectivity index (χ0v) is 9.11. The Morgan fingerprint density at radius 3 is 2.50 bits per heavy atom. The van der Waals surface area contributed by atoms with Crippen molar-refractivity contribution in [2.45, 2.75) is 25.9 Å². The van der Waals surface area contributed by atoms with Crippen LogP contribution in [0.2, 0.25) is 0 Å². The maximum Gasteiger partial charge on any atom is 0.0966 e. The van der Waals surface area contributed by atoms with Crippen LogP contribution in [0.3, 0.4) is 0 Å². The number of hydrogen-bond donors (Lipinski definition) is 2. The van der Waals surface area contributed by atoms with E-state index in [-0.39, 0.29) is 5.60 Å². The van der Waals surface area contributed by atoms with E-state index in [1.165, 1.54) is 16.8 Å². The second-order valence-electron chi connectivity index (χ2n) is 4.24. The number of rotatable bonds is 3. The summed E-state index contributed by atoms with van der Waals surface area (Å²) < 4.78 is 5.58. The van der Waals surface area contributed by atoms with Crippen molar-refractivity contribution in [2.75, 3.05) is 20.2 Å². The van der Waals surface area contributed by atoms with Gasteiger partial charge in [0.05, 0.1) is 5.60 Å². The molecule has 2 heterocycles. The monoisotopic (exact) mass is 194 g/mol. The first-order chi connectivity index (χ1) is 6.67. The Balaban J connectivity index is 2.17. The van der Waals surface area contributed by atoms with Crippen LogP contribution in [0.15, 0.2) is 6.20 Å². The lowest BCUT2D eigenvalue weighted by Crippen LogP contribution is -2.62. The molecule has 0 saturated carbocycles. The van der Waals surface area contributed by atoms with Crippen molar-refractivity contribution in [1.82, 2.24) is 10.3 Å². The zero-order chi connectivity index (χ0) is 10.2. The van der Waals surface area contributed by atoms with Gasteiger partial charge in [0.15, 0.2) is 0 Å². The Morgan fingerprint density at radius 2 is 2.14 bits per heavy atom. The lowest BCUT2D eigenvalue weighted by molar-refractivity contribution is -0.0503. The summed E-state index contributed by atoms with van der Waals surface area (Å²) in [6.45, 7) is 6.20. The first-order valence-electron chi connectivity index (χ1n) is 5.06. The lowest BCUT2D eigenvalue weighted by Gasteiger charge is -2.41. The summed E-state index contributed by atoms with van der Waals surface area (Å²) in [5.41, 5.74) is 4.06. The fraction of sp³-hybridized carbons (Fsp3) is 0.636. The maximum atomic E-state index is 5.58. The molecule has 2 rings (SSSR count). The van der Waals surface area contributed by atoms with Crippen LogP contribution in [0.5, 0.6) is 0 Å². The van der Waals surface area contributed by atoms with Crippen molar-refractivity contribution in [2.24, 2.45) is 0 Å². The van der Waals surface area contributed by atoms with Gasteiger partial charge in [-0.3, -0.25) is 0 Å². The van der Waals surface area contributed by atoms with Gasteiger partial charge in [0.1, 0.15) is 0 Å². The van der Waals surface area contributed by atoms with E-state index in [1.54, 1.807) is 7.11 Å². The van der Waals surface area contributed by atoms with Gasteiger partial charge in [0.25, 0.3) is 0 Å². The van der Waals surface area contributed by atoms with E-state index in [4.69, 9.17) is 4.74 Å². The number of aromatic amines is 1. The molecular weight excluding hydrogens is 176 g/mol. The number of nitrogens with one attached hydrogen (secondary N) is 2. The van der Waals surface area contributed by atoms with Gasteiger partial charge in [0, 0.05) is 38.5 Å². The second-order valence-corrected chi connectivity index (χ2v) is 4.24. The van der Waals surface area contributed by atoms with Crippen molar-refractivity contribution in [3.05, 3.63) is 23.0 Å². The summed E-state index contributed by atoms with van der Waals surface area (Å²) in [6.07, 6.45) is 3.08. The highest BCUT2D eigenvalue weighted by Gasteiger charge is 2.37. The van der Waals surface area contributed by atoms with Gasteiger partial charge in [-0.2, -0.15) is 0 Å². The average Bonchev–Trinajstić information content (AvgIpc) is 2.41. The highest BCUT2D eigenvalue weighted by molar-refractivity contribution is 5.31. The topological polar surface area (TPSA) is 37.0 Å². The molecule has 3 nitrogen and oxygen atoms in total. The Morgan fingerprint density at radius 1 is 1.43 bits per heavy atom. The summed E-state index contributed by atoms with van der Waals surface area (Å²) in [7, 11) is 1.80. The maximum absolute atomic E-state index is 5.58. The number of ether oxygens (including phenoxy) is 1. The summed E-state index contributed by atoms with van der Waals surface area (Å²) in [5, 5.41) is 3.27. The van der Waals surface area contributed by atoms with Crippen molar-refractivity contribution in [1.29, 1.82) is 0 Å². The van der Waals surface area contributed by atoms with Crippen LogP contribution in [0.4, 0.5) is 0 Å². The zero-order valence-electron chi connectivity index (χ0n) is 9.11. The predicted octanol–water partition coefficient (Wildman–Crippen LogP) is 1.16. The summed E-state index contributed by atoms with van der Waals surface area (Å²) >= 11 is 0. The Bertz CT molecular complexity index is 301. The standard InChI is InChI=1S/C11H18N2O/c1-8-5-13-9(2)10(8)4-11(14-3)6-12-7-11/h5,12-13H,4,6-7H2,1-3H3. The third-order valence-electron chi connectivity index (χ3n) is 3.26. The quantitative estimate of drug-likeness (QED) is 0.757. The summed E-state index contributed by atoms with van der Waals surface area (Å²) in [4.78, 5) is 3.26. The SMILES string of the molecule is COC1(Cc2c(C)c[nH]c2C)CNC1. The van der Waals surface area contributed by atoms with Crippen molar-refractivity contribution in [3.63, 3.8) is 0 Å². The van der Waals surface area contributed by atoms with Crippen LogP contribution in [-0.4, -0.2) is 30.8 Å². The van der Waals surface area contributed by atoms with E-state index in [0.717, 1.165) is 19.5 Å². The summed E-state index contributed by atoms with van der Waals surface area (Å²) in [6, 6.07) is 0. The van der Waals surface area contributed by atoms with E-state index in [9.17, 15) is 0 Å². The Kier molecular flexibility index (Phi) is 2.37. The number of hydrogen-bond acceptors (Lipinski definition) is 2. The van der Waals surface area contributed by atoms with Gasteiger partial charge < -0.3 is 15.0 Å². The smallest absolute Gasteiger partial charge is 0.0966 e. The minimum atomic E-state index is 0.0394. The average molecular weight is 194 g/mol. The molecule has 0 amide bonds. The van der Waals surface area contributed by atoms with Crippen LogP contribution in [0.1, 0.15) is 16.8 Å². The number of aromatic nitrogens is 1. The van der Waals surface area contributed by atoms with Crippen LogP contribution in [-0.2, 0) is 11.2 Å². The molecule has 0 spiro atoms. The van der Waals surface area contributed by atoms with Gasteiger partial charge in [-0.05, 0) is 25.0 Å². The molecule has 0 bridgehead atoms. The molecule has 14 heavy (non-hydrogen) atoms. The second kappa shape index (κ2) is 3.41. The normalized spacial score (nSPS) is 19.4. The molecule has 0 radical (unpaired) electrons. The van der Waals surface area contributed by atoms with Crippen LogP contribution < -0.4 is 5.32 Å². The van der Waals surface area contributed by atoms with Crippen LogP contribution >= 0.6 is 0 Å². The number of aryl methyl sites for hydroxylation is 2. The molecule has 2 N–H and O–H groups in total. The van der Waals surface area contributed by atoms with E-state index < -0.39 is 0 Å². The molecule has 1 saturated heterocycles. The van der Waals surface area contributed by atoms with Gasteiger partial charge >= 0.3 is 0 Å². The number of H-pyrrole nitrogens is 1. The molecule has 78 valence electrons. The minimum absolute atomic E-state index is 0.0394. The molecule has 0 aliphatic carbocycles. The fourth-order valence-electron chi connectivity index (χ4n) is 2.03. The van der Waals surface area contributed by atoms with E-state index in [0.29, 0.717) is 0 Å². The van der Waals surface area contributed by atoms with Crippen LogP contribution in [0.25, 0.3) is 0 Å². The minimum Gasteiger partial charge on any atom is -0.375 e.